The van der Waals surface area contributed by atoms with Crippen LogP contribution in [0.15, 0.2) is 42.6 Å². The molecule has 0 fully saturated rings. The summed E-state index contributed by atoms with van der Waals surface area (Å²) in [5.74, 6) is -0.262. The molecule has 0 amide bonds. The summed E-state index contributed by atoms with van der Waals surface area (Å²) < 4.78 is 6.70. The van der Waals surface area contributed by atoms with Crippen molar-refractivity contribution in [3.63, 3.8) is 0 Å². The van der Waals surface area contributed by atoms with Crippen molar-refractivity contribution < 1.29 is 9.53 Å². The van der Waals surface area contributed by atoms with Crippen LogP contribution in [0.25, 0.3) is 0 Å². The van der Waals surface area contributed by atoms with Crippen molar-refractivity contribution in [1.29, 1.82) is 0 Å². The summed E-state index contributed by atoms with van der Waals surface area (Å²) in [6, 6.07) is 11.9. The summed E-state index contributed by atoms with van der Waals surface area (Å²) in [7, 11) is 1.40. The molecule has 4 heteroatoms. The first-order valence-electron chi connectivity index (χ1n) is 6.20. The van der Waals surface area contributed by atoms with Crippen LogP contribution in [0.1, 0.15) is 25.1 Å². The van der Waals surface area contributed by atoms with Crippen LogP contribution in [-0.2, 0) is 21.5 Å². The summed E-state index contributed by atoms with van der Waals surface area (Å²) in [6.45, 7) is 4.33. The number of hydrogen-bond donors (Lipinski definition) is 0. The molecule has 0 unspecified atom stereocenters. The minimum atomic E-state index is -0.708. The molecule has 0 radical (unpaired) electrons. The van der Waals surface area contributed by atoms with Gasteiger partial charge < -0.3 is 4.74 Å². The molecule has 0 N–H and O–H groups in total. The second-order valence-corrected chi connectivity index (χ2v) is 4.98. The first-order valence-corrected chi connectivity index (χ1v) is 6.20. The monoisotopic (exact) mass is 258 g/mol. The van der Waals surface area contributed by atoms with E-state index < -0.39 is 5.41 Å². The predicted octanol–water partition coefficient (Wildman–Crippen LogP) is 2.38. The molecule has 0 bridgehead atoms. The van der Waals surface area contributed by atoms with Crippen molar-refractivity contribution in [1.82, 2.24) is 9.78 Å². The predicted molar refractivity (Wildman–Crippen MR) is 72.8 cm³/mol. The van der Waals surface area contributed by atoms with Crippen molar-refractivity contribution >= 4 is 5.97 Å². The van der Waals surface area contributed by atoms with E-state index >= 15 is 0 Å². The number of ether oxygens (including phenoxy) is 1. The Morgan fingerprint density at radius 2 is 1.95 bits per heavy atom. The van der Waals surface area contributed by atoms with E-state index in [0.29, 0.717) is 6.54 Å². The molecule has 2 aromatic rings. The first kappa shape index (κ1) is 13.3. The molecule has 19 heavy (non-hydrogen) atoms. The third-order valence-electron chi connectivity index (χ3n) is 3.23. The fourth-order valence-corrected chi connectivity index (χ4v) is 2.11. The van der Waals surface area contributed by atoms with Gasteiger partial charge in [0.25, 0.3) is 0 Å². The SMILES string of the molecule is COC(=O)C(C)(C)c1ccnn1Cc1ccccc1. The Morgan fingerprint density at radius 1 is 1.26 bits per heavy atom. The average Bonchev–Trinajstić information content (AvgIpc) is 2.87. The number of esters is 1. The molecule has 0 atom stereocenters. The third-order valence-corrected chi connectivity index (χ3v) is 3.23. The first-order chi connectivity index (χ1) is 9.05. The number of benzene rings is 1. The van der Waals surface area contributed by atoms with Gasteiger partial charge in [0.05, 0.1) is 19.3 Å². The zero-order valence-corrected chi connectivity index (χ0v) is 11.5. The highest BCUT2D eigenvalue weighted by Gasteiger charge is 2.34. The fourth-order valence-electron chi connectivity index (χ4n) is 2.11. The van der Waals surface area contributed by atoms with E-state index in [1.54, 1.807) is 6.20 Å². The van der Waals surface area contributed by atoms with E-state index in [2.05, 4.69) is 5.10 Å². The van der Waals surface area contributed by atoms with Gasteiger partial charge >= 0.3 is 5.97 Å². The normalized spacial score (nSPS) is 11.3. The number of hydrogen-bond acceptors (Lipinski definition) is 3. The van der Waals surface area contributed by atoms with E-state index in [1.807, 2.05) is 54.9 Å². The Balaban J connectivity index is 2.30. The lowest BCUT2D eigenvalue weighted by Gasteiger charge is -2.22. The van der Waals surface area contributed by atoms with Crippen LogP contribution in [0, 0.1) is 0 Å². The Hall–Kier alpha value is -2.10. The van der Waals surface area contributed by atoms with Crippen LogP contribution < -0.4 is 0 Å². The summed E-state index contributed by atoms with van der Waals surface area (Å²) in [5, 5.41) is 4.30. The Bertz CT molecular complexity index is 559. The molecule has 100 valence electrons. The van der Waals surface area contributed by atoms with Crippen LogP contribution in [0.2, 0.25) is 0 Å². The van der Waals surface area contributed by atoms with Crippen molar-refractivity contribution in [2.75, 3.05) is 7.11 Å². The molecule has 1 aromatic carbocycles. The van der Waals surface area contributed by atoms with Crippen molar-refractivity contribution in [3.8, 4) is 0 Å². The Labute approximate surface area is 113 Å². The lowest BCUT2D eigenvalue weighted by Crippen LogP contribution is -2.33. The van der Waals surface area contributed by atoms with Gasteiger partial charge in [-0.3, -0.25) is 9.48 Å². The smallest absolute Gasteiger partial charge is 0.317 e. The molecule has 4 nitrogen and oxygen atoms in total. The maximum absolute atomic E-state index is 11.9. The highest BCUT2D eigenvalue weighted by molar-refractivity contribution is 5.81. The fraction of sp³-hybridized carbons (Fsp3) is 0.333. The molecule has 1 aromatic heterocycles. The third kappa shape index (κ3) is 2.67. The van der Waals surface area contributed by atoms with Gasteiger partial charge in [0.2, 0.25) is 0 Å². The molecular formula is C15H18N2O2. The molecule has 0 aliphatic rings. The summed E-state index contributed by atoms with van der Waals surface area (Å²) in [6.07, 6.45) is 1.71. The minimum absolute atomic E-state index is 0.262. The molecule has 0 aliphatic carbocycles. The number of aromatic nitrogens is 2. The van der Waals surface area contributed by atoms with Crippen molar-refractivity contribution in [2.24, 2.45) is 0 Å². The Kier molecular flexibility index (Phi) is 3.69. The van der Waals surface area contributed by atoms with Crippen LogP contribution in [0.3, 0.4) is 0 Å². The number of nitrogens with zero attached hydrogens (tertiary/aromatic N) is 2. The second kappa shape index (κ2) is 5.26. The van der Waals surface area contributed by atoms with Crippen LogP contribution >= 0.6 is 0 Å². The number of carbonyl (C=O) groups excluding carboxylic acids is 1. The van der Waals surface area contributed by atoms with E-state index in [1.165, 1.54) is 7.11 Å². The molecule has 0 aliphatic heterocycles. The zero-order chi connectivity index (χ0) is 13.9. The van der Waals surface area contributed by atoms with Crippen molar-refractivity contribution in [2.45, 2.75) is 25.8 Å². The largest absolute Gasteiger partial charge is 0.468 e. The molecule has 1 heterocycles. The van der Waals surface area contributed by atoms with Crippen molar-refractivity contribution in [3.05, 3.63) is 53.9 Å². The van der Waals surface area contributed by atoms with Crippen LogP contribution in [0.5, 0.6) is 0 Å². The minimum Gasteiger partial charge on any atom is -0.468 e. The summed E-state index contributed by atoms with van der Waals surface area (Å²) in [5.41, 5.74) is 1.29. The van der Waals surface area contributed by atoms with Gasteiger partial charge in [0.1, 0.15) is 5.41 Å². The highest BCUT2D eigenvalue weighted by atomic mass is 16.5. The quantitative estimate of drug-likeness (QED) is 0.791. The van der Waals surface area contributed by atoms with E-state index in [-0.39, 0.29) is 5.97 Å². The summed E-state index contributed by atoms with van der Waals surface area (Å²) >= 11 is 0. The lowest BCUT2D eigenvalue weighted by atomic mass is 9.89. The number of methoxy groups -OCH3 is 1. The van der Waals surface area contributed by atoms with Gasteiger partial charge in [-0.2, -0.15) is 5.10 Å². The second-order valence-electron chi connectivity index (χ2n) is 4.98. The topological polar surface area (TPSA) is 44.1 Å². The van der Waals surface area contributed by atoms with Crippen LogP contribution in [-0.4, -0.2) is 22.9 Å². The molecule has 2 rings (SSSR count). The Morgan fingerprint density at radius 3 is 2.58 bits per heavy atom. The zero-order valence-electron chi connectivity index (χ0n) is 11.5. The van der Waals surface area contributed by atoms with Gasteiger partial charge in [-0.1, -0.05) is 30.3 Å². The van der Waals surface area contributed by atoms with Gasteiger partial charge in [0.15, 0.2) is 0 Å². The summed E-state index contributed by atoms with van der Waals surface area (Å²) in [4.78, 5) is 11.9. The maximum Gasteiger partial charge on any atom is 0.317 e. The van der Waals surface area contributed by atoms with Gasteiger partial charge in [-0.05, 0) is 25.5 Å². The van der Waals surface area contributed by atoms with Gasteiger partial charge in [0, 0.05) is 6.20 Å². The van der Waals surface area contributed by atoms with Crippen LogP contribution in [0.4, 0.5) is 0 Å². The molecule has 0 saturated carbocycles. The highest BCUT2D eigenvalue weighted by Crippen LogP contribution is 2.24. The van der Waals surface area contributed by atoms with Gasteiger partial charge in [-0.15, -0.1) is 0 Å². The molecule has 0 spiro atoms. The lowest BCUT2D eigenvalue weighted by molar-refractivity contribution is -0.146. The van der Waals surface area contributed by atoms with E-state index in [4.69, 9.17) is 4.74 Å². The standard InChI is InChI=1S/C15H18N2O2/c1-15(2,14(18)19-3)13-9-10-16-17(13)11-12-7-5-4-6-8-12/h4-10H,11H2,1-3H3. The molecule has 0 saturated heterocycles. The van der Waals surface area contributed by atoms with E-state index in [0.717, 1.165) is 11.3 Å². The van der Waals surface area contributed by atoms with E-state index in [9.17, 15) is 4.79 Å². The number of rotatable bonds is 4. The average molecular weight is 258 g/mol. The maximum atomic E-state index is 11.9. The van der Waals surface area contributed by atoms with Gasteiger partial charge in [-0.25, -0.2) is 0 Å². The molecular weight excluding hydrogens is 240 g/mol. The number of carbonyl (C=O) groups is 1.